The minimum absolute atomic E-state index is 0.342. The molecule has 6 nitrogen and oxygen atoms in total. The first kappa shape index (κ1) is 20.0. The number of benzene rings is 2. The third-order valence-electron chi connectivity index (χ3n) is 3.66. The van der Waals surface area contributed by atoms with Gasteiger partial charge in [0.25, 0.3) is 0 Å². The lowest BCUT2D eigenvalue weighted by atomic mass is 10.2. The van der Waals surface area contributed by atoms with Gasteiger partial charge in [-0.05, 0) is 61.4 Å². The molecule has 0 aromatic heterocycles. The molecule has 27 heavy (non-hydrogen) atoms. The van der Waals surface area contributed by atoms with Crippen LogP contribution in [0.15, 0.2) is 61.2 Å². The summed E-state index contributed by atoms with van der Waals surface area (Å²) >= 11 is 0. The molecule has 1 N–H and O–H groups in total. The lowest BCUT2D eigenvalue weighted by molar-refractivity contribution is -0.137. The van der Waals surface area contributed by atoms with Crippen LogP contribution in [0.5, 0.6) is 11.5 Å². The lowest BCUT2D eigenvalue weighted by Crippen LogP contribution is -2.08. The fourth-order valence-electron chi connectivity index (χ4n) is 2.17. The zero-order valence-electron chi connectivity index (χ0n) is 15.3. The molecule has 2 rings (SSSR count). The first-order chi connectivity index (χ1) is 13.1. The summed E-state index contributed by atoms with van der Waals surface area (Å²) in [7, 11) is 1.82. The van der Waals surface area contributed by atoms with E-state index in [4.69, 9.17) is 14.2 Å². The highest BCUT2D eigenvalue weighted by Crippen LogP contribution is 2.18. The first-order valence-electron chi connectivity index (χ1n) is 8.64. The molecular weight excluding hydrogens is 346 g/mol. The molecule has 0 saturated carbocycles. The van der Waals surface area contributed by atoms with Crippen LogP contribution >= 0.6 is 0 Å². The summed E-state index contributed by atoms with van der Waals surface area (Å²) in [6.07, 6.45) is 2.59. The van der Waals surface area contributed by atoms with Crippen LogP contribution in [0.3, 0.4) is 0 Å². The minimum atomic E-state index is -0.428. The van der Waals surface area contributed by atoms with Gasteiger partial charge in [0.2, 0.25) is 0 Å². The average Bonchev–Trinajstić information content (AvgIpc) is 2.71. The van der Waals surface area contributed by atoms with Gasteiger partial charge in [0.15, 0.2) is 0 Å². The SMILES string of the molecule is C=CC(=O)OCCCCOc1ccc(C(=O)Oc2ccc(NC)cc2)cc1. The molecule has 0 aliphatic heterocycles. The van der Waals surface area contributed by atoms with Gasteiger partial charge in [0.05, 0.1) is 18.8 Å². The van der Waals surface area contributed by atoms with E-state index < -0.39 is 11.9 Å². The number of ether oxygens (including phenoxy) is 3. The molecule has 2 aromatic rings. The van der Waals surface area contributed by atoms with Crippen molar-refractivity contribution in [2.75, 3.05) is 25.6 Å². The van der Waals surface area contributed by atoms with E-state index in [2.05, 4.69) is 11.9 Å². The van der Waals surface area contributed by atoms with Crippen LogP contribution in [-0.2, 0) is 9.53 Å². The smallest absolute Gasteiger partial charge is 0.343 e. The Morgan fingerprint density at radius 3 is 2.22 bits per heavy atom. The van der Waals surface area contributed by atoms with Crippen molar-refractivity contribution in [3.8, 4) is 11.5 Å². The van der Waals surface area contributed by atoms with Gasteiger partial charge in [-0.1, -0.05) is 6.58 Å². The van der Waals surface area contributed by atoms with E-state index >= 15 is 0 Å². The molecule has 142 valence electrons. The normalized spacial score (nSPS) is 9.96. The van der Waals surface area contributed by atoms with Crippen molar-refractivity contribution in [2.24, 2.45) is 0 Å². The topological polar surface area (TPSA) is 73.9 Å². The Hall–Kier alpha value is -3.28. The lowest BCUT2D eigenvalue weighted by Gasteiger charge is -2.08. The number of rotatable bonds is 10. The van der Waals surface area contributed by atoms with Crippen LogP contribution < -0.4 is 14.8 Å². The zero-order valence-corrected chi connectivity index (χ0v) is 15.3. The second-order valence-electron chi connectivity index (χ2n) is 5.62. The van der Waals surface area contributed by atoms with E-state index in [1.54, 1.807) is 36.4 Å². The van der Waals surface area contributed by atoms with Crippen molar-refractivity contribution in [3.05, 3.63) is 66.7 Å². The molecule has 0 spiro atoms. The highest BCUT2D eigenvalue weighted by atomic mass is 16.5. The standard InChI is InChI=1S/C21H23NO5/c1-3-20(23)26-15-5-4-14-25-18-10-6-16(7-11-18)21(24)27-19-12-8-17(22-2)9-13-19/h3,6-13,22H,1,4-5,14-15H2,2H3. The van der Waals surface area contributed by atoms with Gasteiger partial charge in [-0.15, -0.1) is 0 Å². The number of anilines is 1. The minimum Gasteiger partial charge on any atom is -0.494 e. The van der Waals surface area contributed by atoms with Crippen molar-refractivity contribution >= 4 is 17.6 Å². The quantitative estimate of drug-likeness (QED) is 0.297. The van der Waals surface area contributed by atoms with E-state index in [1.165, 1.54) is 0 Å². The Kier molecular flexibility index (Phi) is 7.91. The van der Waals surface area contributed by atoms with Crippen molar-refractivity contribution in [2.45, 2.75) is 12.8 Å². The second-order valence-corrected chi connectivity index (χ2v) is 5.62. The van der Waals surface area contributed by atoms with E-state index in [0.717, 1.165) is 18.2 Å². The largest absolute Gasteiger partial charge is 0.494 e. The Bertz CT molecular complexity index is 753. The molecule has 0 fully saturated rings. The third-order valence-corrected chi connectivity index (χ3v) is 3.66. The van der Waals surface area contributed by atoms with E-state index in [0.29, 0.717) is 36.7 Å². The molecule has 0 atom stereocenters. The monoisotopic (exact) mass is 369 g/mol. The summed E-state index contributed by atoms with van der Waals surface area (Å²) in [6, 6.07) is 13.9. The van der Waals surface area contributed by atoms with Crippen molar-refractivity contribution < 1.29 is 23.8 Å². The number of unbranched alkanes of at least 4 members (excludes halogenated alkanes) is 1. The van der Waals surface area contributed by atoms with Gasteiger partial charge in [-0.25, -0.2) is 9.59 Å². The van der Waals surface area contributed by atoms with Crippen molar-refractivity contribution in [1.82, 2.24) is 0 Å². The van der Waals surface area contributed by atoms with Gasteiger partial charge in [0.1, 0.15) is 11.5 Å². The molecule has 2 aromatic carbocycles. The van der Waals surface area contributed by atoms with Crippen LogP contribution in [0.25, 0.3) is 0 Å². The number of carbonyl (C=O) groups excluding carboxylic acids is 2. The Balaban J connectivity index is 1.74. The van der Waals surface area contributed by atoms with Gasteiger partial charge in [-0.2, -0.15) is 0 Å². The highest BCUT2D eigenvalue weighted by Gasteiger charge is 2.09. The van der Waals surface area contributed by atoms with Crippen LogP contribution in [0.1, 0.15) is 23.2 Å². The zero-order chi connectivity index (χ0) is 19.5. The second kappa shape index (κ2) is 10.7. The maximum absolute atomic E-state index is 12.2. The summed E-state index contributed by atoms with van der Waals surface area (Å²) in [5.74, 6) is 0.295. The molecular formula is C21H23NO5. The number of nitrogens with one attached hydrogen (secondary N) is 1. The molecule has 0 bridgehead atoms. The van der Waals surface area contributed by atoms with E-state index in [1.807, 2.05) is 19.2 Å². The van der Waals surface area contributed by atoms with Gasteiger partial charge in [-0.3, -0.25) is 0 Å². The summed E-state index contributed by atoms with van der Waals surface area (Å²) < 4.78 is 15.8. The van der Waals surface area contributed by atoms with Crippen LogP contribution in [0, 0.1) is 0 Å². The highest BCUT2D eigenvalue weighted by molar-refractivity contribution is 5.91. The number of carbonyl (C=O) groups is 2. The summed E-state index contributed by atoms with van der Waals surface area (Å²) in [6.45, 7) is 4.17. The first-order valence-corrected chi connectivity index (χ1v) is 8.64. The predicted molar refractivity (Wildman–Crippen MR) is 103 cm³/mol. The molecule has 0 amide bonds. The van der Waals surface area contributed by atoms with Crippen molar-refractivity contribution in [1.29, 1.82) is 0 Å². The predicted octanol–water partition coefficient (Wildman–Crippen LogP) is 3.84. The summed E-state index contributed by atoms with van der Waals surface area (Å²) in [5.41, 5.74) is 1.38. The van der Waals surface area contributed by atoms with Crippen LogP contribution in [0.4, 0.5) is 5.69 Å². The number of hydrogen-bond acceptors (Lipinski definition) is 6. The van der Waals surface area contributed by atoms with E-state index in [-0.39, 0.29) is 0 Å². The van der Waals surface area contributed by atoms with Crippen molar-refractivity contribution in [3.63, 3.8) is 0 Å². The molecule has 6 heteroatoms. The maximum Gasteiger partial charge on any atom is 0.343 e. The van der Waals surface area contributed by atoms with Gasteiger partial charge >= 0.3 is 11.9 Å². The number of hydrogen-bond donors (Lipinski definition) is 1. The molecule has 0 aliphatic rings. The maximum atomic E-state index is 12.2. The third kappa shape index (κ3) is 6.86. The summed E-state index contributed by atoms with van der Waals surface area (Å²) in [5, 5.41) is 3.00. The average molecular weight is 369 g/mol. The van der Waals surface area contributed by atoms with Gasteiger partial charge < -0.3 is 19.5 Å². The Morgan fingerprint density at radius 1 is 0.963 bits per heavy atom. The molecule has 0 unspecified atom stereocenters. The fraction of sp³-hybridized carbons (Fsp3) is 0.238. The molecule has 0 saturated heterocycles. The number of esters is 2. The Labute approximate surface area is 158 Å². The molecule has 0 aliphatic carbocycles. The van der Waals surface area contributed by atoms with Gasteiger partial charge in [0, 0.05) is 18.8 Å². The van der Waals surface area contributed by atoms with Crippen LogP contribution in [0.2, 0.25) is 0 Å². The fourth-order valence-corrected chi connectivity index (χ4v) is 2.17. The molecule has 0 heterocycles. The van der Waals surface area contributed by atoms with Crippen LogP contribution in [-0.4, -0.2) is 32.2 Å². The van der Waals surface area contributed by atoms with E-state index in [9.17, 15) is 9.59 Å². The summed E-state index contributed by atoms with van der Waals surface area (Å²) in [4.78, 5) is 23.0. The Morgan fingerprint density at radius 2 is 1.59 bits per heavy atom. The molecule has 0 radical (unpaired) electrons.